The van der Waals surface area contributed by atoms with Crippen molar-refractivity contribution in [2.24, 2.45) is 5.92 Å². The first-order chi connectivity index (χ1) is 18.1. The minimum absolute atomic E-state index is 0.00336. The highest BCUT2D eigenvalue weighted by Gasteiger charge is 2.29. The van der Waals surface area contributed by atoms with E-state index in [0.717, 1.165) is 36.8 Å². The third kappa shape index (κ3) is 8.65. The van der Waals surface area contributed by atoms with Crippen LogP contribution in [0.1, 0.15) is 64.5 Å². The van der Waals surface area contributed by atoms with Gasteiger partial charge in [-0.3, -0.25) is 9.69 Å². The Hall–Kier alpha value is -3.80. The number of benzene rings is 1. The maximum Gasteiger partial charge on any atom is 0.410 e. The van der Waals surface area contributed by atoms with Gasteiger partial charge >= 0.3 is 6.09 Å². The molecule has 1 heterocycles. The first-order valence-corrected chi connectivity index (χ1v) is 13.2. The van der Waals surface area contributed by atoms with E-state index in [1.165, 1.54) is 4.90 Å². The van der Waals surface area contributed by atoms with Gasteiger partial charge in [0.2, 0.25) is 11.9 Å². The molecule has 204 valence electrons. The van der Waals surface area contributed by atoms with Crippen LogP contribution in [0.3, 0.4) is 0 Å². The molecule has 1 saturated carbocycles. The maximum absolute atomic E-state index is 12.9. The molecule has 38 heavy (non-hydrogen) atoms. The predicted molar refractivity (Wildman–Crippen MR) is 150 cm³/mol. The van der Waals surface area contributed by atoms with Crippen LogP contribution in [0.4, 0.5) is 16.6 Å². The topological polar surface area (TPSA) is 108 Å². The van der Waals surface area contributed by atoms with E-state index in [9.17, 15) is 9.59 Å². The highest BCUT2D eigenvalue weighted by molar-refractivity contribution is 5.85. The van der Waals surface area contributed by atoms with Crippen LogP contribution in [0.15, 0.2) is 36.5 Å². The second-order valence-corrected chi connectivity index (χ2v) is 10.7. The predicted octanol–water partition coefficient (Wildman–Crippen LogP) is 4.41. The molecule has 0 unspecified atom stereocenters. The van der Waals surface area contributed by atoms with E-state index in [1.807, 2.05) is 18.2 Å². The minimum atomic E-state index is -0.641. The lowest BCUT2D eigenvalue weighted by molar-refractivity contribution is -0.126. The number of ether oxygens (including phenoxy) is 1. The van der Waals surface area contributed by atoms with Crippen molar-refractivity contribution in [3.8, 4) is 11.8 Å². The third-order valence-corrected chi connectivity index (χ3v) is 6.39. The normalized spacial score (nSPS) is 17.8. The minimum Gasteiger partial charge on any atom is -0.444 e. The van der Waals surface area contributed by atoms with Crippen LogP contribution in [-0.4, -0.2) is 58.6 Å². The van der Waals surface area contributed by atoms with Crippen molar-refractivity contribution in [1.82, 2.24) is 20.2 Å². The van der Waals surface area contributed by atoms with Gasteiger partial charge in [0.1, 0.15) is 17.5 Å². The molecule has 9 heteroatoms. The Morgan fingerprint density at radius 1 is 1.21 bits per heavy atom. The Labute approximate surface area is 226 Å². The molecule has 1 aromatic carbocycles. The van der Waals surface area contributed by atoms with Crippen LogP contribution in [0.25, 0.3) is 0 Å². The Kier molecular flexibility index (Phi) is 9.94. The van der Waals surface area contributed by atoms with Gasteiger partial charge in [-0.2, -0.15) is 4.98 Å². The average Bonchev–Trinajstić information content (AvgIpc) is 2.89. The molecule has 9 nitrogen and oxygen atoms in total. The summed E-state index contributed by atoms with van der Waals surface area (Å²) in [6.07, 6.45) is 4.79. The first-order valence-electron chi connectivity index (χ1n) is 13.2. The fourth-order valence-corrected chi connectivity index (χ4v) is 4.13. The van der Waals surface area contributed by atoms with Gasteiger partial charge in [0.05, 0.1) is 11.8 Å². The van der Waals surface area contributed by atoms with Crippen LogP contribution >= 0.6 is 0 Å². The standard InChI is InChI=1S/C29H40N6O3/c1-20(35(6)28(37)38-29(2,3)4)26(36)33-24-14-10-13-21(17-24)15-16-23-19-32-27(30-5)34-25(23)31-18-22-11-8-7-9-12-22/h7-9,11-12,19-21,24H,10,13-14,17-18H2,1-6H3,(H,33,36)(H2,30,31,32,34)/t20-,21-,24-/m0/s1. The second kappa shape index (κ2) is 13.1. The van der Waals surface area contributed by atoms with E-state index in [1.54, 1.807) is 48.0 Å². The monoisotopic (exact) mass is 520 g/mol. The van der Waals surface area contributed by atoms with Gasteiger partial charge in [-0.25, -0.2) is 9.78 Å². The average molecular weight is 521 g/mol. The molecule has 1 aromatic heterocycles. The summed E-state index contributed by atoms with van der Waals surface area (Å²) >= 11 is 0. The molecule has 2 aromatic rings. The molecule has 0 spiro atoms. The van der Waals surface area contributed by atoms with Crippen molar-refractivity contribution in [2.45, 2.75) is 77.6 Å². The number of hydrogen-bond acceptors (Lipinski definition) is 7. The van der Waals surface area contributed by atoms with Crippen LogP contribution in [0, 0.1) is 17.8 Å². The number of carbonyl (C=O) groups is 2. The molecule has 1 fully saturated rings. The highest BCUT2D eigenvalue weighted by atomic mass is 16.6. The molecule has 1 aliphatic rings. The molecular formula is C29H40N6O3. The number of aromatic nitrogens is 2. The molecule has 3 N–H and O–H groups in total. The zero-order valence-electron chi connectivity index (χ0n) is 23.3. The van der Waals surface area contributed by atoms with Crippen LogP contribution in [0.2, 0.25) is 0 Å². The number of carbonyl (C=O) groups excluding carboxylic acids is 2. The van der Waals surface area contributed by atoms with Gasteiger partial charge < -0.3 is 20.7 Å². The SMILES string of the molecule is CNc1ncc(C#C[C@@H]2CCC[C@H](NC(=O)[C@H](C)N(C)C(=O)OC(C)(C)C)C2)c(NCc2ccccc2)n1. The van der Waals surface area contributed by atoms with E-state index in [-0.39, 0.29) is 17.9 Å². The van der Waals surface area contributed by atoms with E-state index >= 15 is 0 Å². The molecule has 0 saturated heterocycles. The molecular weight excluding hydrogens is 480 g/mol. The molecule has 0 bridgehead atoms. The summed E-state index contributed by atoms with van der Waals surface area (Å²) < 4.78 is 5.39. The second-order valence-electron chi connectivity index (χ2n) is 10.7. The molecule has 3 atom stereocenters. The summed E-state index contributed by atoms with van der Waals surface area (Å²) in [5, 5.41) is 9.46. The molecule has 2 amide bonds. The van der Waals surface area contributed by atoms with Crippen molar-refractivity contribution in [2.75, 3.05) is 24.7 Å². The van der Waals surface area contributed by atoms with Gasteiger partial charge in [0, 0.05) is 32.6 Å². The van der Waals surface area contributed by atoms with E-state index in [2.05, 4.69) is 49.9 Å². The zero-order valence-corrected chi connectivity index (χ0v) is 23.3. The van der Waals surface area contributed by atoms with Crippen molar-refractivity contribution in [3.05, 3.63) is 47.7 Å². The number of anilines is 2. The summed E-state index contributed by atoms with van der Waals surface area (Å²) in [4.78, 5) is 35.5. The number of nitrogens with zero attached hydrogens (tertiary/aromatic N) is 3. The van der Waals surface area contributed by atoms with E-state index < -0.39 is 17.7 Å². The summed E-state index contributed by atoms with van der Waals surface area (Å²) in [7, 11) is 3.36. The van der Waals surface area contributed by atoms with E-state index in [0.29, 0.717) is 18.3 Å². The van der Waals surface area contributed by atoms with Crippen LogP contribution < -0.4 is 16.0 Å². The number of amides is 2. The Morgan fingerprint density at radius 3 is 2.63 bits per heavy atom. The van der Waals surface area contributed by atoms with Crippen molar-refractivity contribution in [1.29, 1.82) is 0 Å². The van der Waals surface area contributed by atoms with E-state index in [4.69, 9.17) is 4.74 Å². The third-order valence-electron chi connectivity index (χ3n) is 6.39. The number of likely N-dealkylation sites (N-methyl/N-ethyl adjacent to an activating group) is 1. The quantitative estimate of drug-likeness (QED) is 0.464. The van der Waals surface area contributed by atoms with Gasteiger partial charge in [0.15, 0.2) is 0 Å². The van der Waals surface area contributed by atoms with Gasteiger partial charge in [-0.15, -0.1) is 0 Å². The van der Waals surface area contributed by atoms with Crippen LogP contribution in [-0.2, 0) is 16.1 Å². The number of rotatable bonds is 7. The number of hydrogen-bond donors (Lipinski definition) is 3. The van der Waals surface area contributed by atoms with Crippen molar-refractivity contribution >= 4 is 23.8 Å². The molecule has 0 radical (unpaired) electrons. The smallest absolute Gasteiger partial charge is 0.410 e. The highest BCUT2D eigenvalue weighted by Crippen LogP contribution is 2.25. The lowest BCUT2D eigenvalue weighted by Gasteiger charge is -2.31. The van der Waals surface area contributed by atoms with Crippen LogP contribution in [0.5, 0.6) is 0 Å². The van der Waals surface area contributed by atoms with Gasteiger partial charge in [-0.1, -0.05) is 48.6 Å². The summed E-state index contributed by atoms with van der Waals surface area (Å²) in [5.74, 6) is 7.81. The molecule has 3 rings (SSSR count). The summed E-state index contributed by atoms with van der Waals surface area (Å²) in [6.45, 7) is 7.74. The van der Waals surface area contributed by atoms with Crippen molar-refractivity contribution in [3.63, 3.8) is 0 Å². The summed E-state index contributed by atoms with van der Waals surface area (Å²) in [5.41, 5.74) is 1.26. The fraction of sp³-hybridized carbons (Fsp3) is 0.517. The first kappa shape index (κ1) is 28.8. The molecule has 1 aliphatic carbocycles. The number of nitrogens with one attached hydrogen (secondary N) is 3. The molecule has 0 aliphatic heterocycles. The Morgan fingerprint density at radius 2 is 1.95 bits per heavy atom. The van der Waals surface area contributed by atoms with Gasteiger partial charge in [0.25, 0.3) is 0 Å². The maximum atomic E-state index is 12.9. The lowest BCUT2D eigenvalue weighted by atomic mass is 9.86. The van der Waals surface area contributed by atoms with Crippen molar-refractivity contribution < 1.29 is 14.3 Å². The largest absolute Gasteiger partial charge is 0.444 e. The van der Waals surface area contributed by atoms with Gasteiger partial charge in [-0.05, 0) is 52.5 Å². The summed E-state index contributed by atoms with van der Waals surface area (Å²) in [6, 6.07) is 9.48. The zero-order chi connectivity index (χ0) is 27.7. The fourth-order valence-electron chi connectivity index (χ4n) is 4.13. The Bertz CT molecular complexity index is 1150. The Balaban J connectivity index is 1.62. The lowest BCUT2D eigenvalue weighted by Crippen LogP contribution is -2.50.